The fourth-order valence-corrected chi connectivity index (χ4v) is 3.75. The SMILES string of the molecule is COc1ccc(F)cc1[C@@H](NC(=O)c1cccc(Br)c1)c1cc2ccccc2[nH]1. The summed E-state index contributed by atoms with van der Waals surface area (Å²) in [5.74, 6) is -0.190. The molecule has 146 valence electrons. The summed E-state index contributed by atoms with van der Waals surface area (Å²) in [6.07, 6.45) is 0. The maximum absolute atomic E-state index is 14.1. The molecule has 0 spiro atoms. The van der Waals surface area contributed by atoms with Gasteiger partial charge in [0, 0.05) is 26.8 Å². The average molecular weight is 453 g/mol. The number of halogens is 2. The predicted octanol–water partition coefficient (Wildman–Crippen LogP) is 5.60. The molecule has 1 atom stereocenters. The molecule has 4 nitrogen and oxygen atoms in total. The van der Waals surface area contributed by atoms with Crippen LogP contribution in [0.15, 0.2) is 77.3 Å². The Kier molecular flexibility index (Phi) is 5.36. The van der Waals surface area contributed by atoms with Gasteiger partial charge in [0.05, 0.1) is 13.2 Å². The molecule has 2 N–H and O–H groups in total. The van der Waals surface area contributed by atoms with E-state index in [1.807, 2.05) is 36.4 Å². The molecule has 4 rings (SSSR count). The second-order valence-corrected chi connectivity index (χ2v) is 7.53. The smallest absolute Gasteiger partial charge is 0.252 e. The fourth-order valence-electron chi connectivity index (χ4n) is 3.35. The van der Waals surface area contributed by atoms with Crippen molar-refractivity contribution in [3.63, 3.8) is 0 Å². The molecule has 1 heterocycles. The monoisotopic (exact) mass is 452 g/mol. The summed E-state index contributed by atoms with van der Waals surface area (Å²) >= 11 is 3.39. The lowest BCUT2D eigenvalue weighted by Crippen LogP contribution is -2.30. The number of nitrogens with one attached hydrogen (secondary N) is 2. The number of rotatable bonds is 5. The van der Waals surface area contributed by atoms with Crippen LogP contribution in [-0.2, 0) is 0 Å². The molecule has 4 aromatic rings. The summed E-state index contributed by atoms with van der Waals surface area (Å²) in [5, 5.41) is 4.02. The highest BCUT2D eigenvalue weighted by atomic mass is 79.9. The molecule has 0 aliphatic carbocycles. The van der Waals surface area contributed by atoms with E-state index >= 15 is 0 Å². The molecule has 0 saturated carbocycles. The molecule has 0 aliphatic rings. The zero-order valence-corrected chi connectivity index (χ0v) is 17.2. The molecule has 0 fully saturated rings. The Morgan fingerprint density at radius 3 is 2.66 bits per heavy atom. The van der Waals surface area contributed by atoms with Crippen LogP contribution in [0.5, 0.6) is 5.75 Å². The first-order valence-electron chi connectivity index (χ1n) is 9.02. The highest BCUT2D eigenvalue weighted by Gasteiger charge is 2.24. The minimum absolute atomic E-state index is 0.277. The predicted molar refractivity (Wildman–Crippen MR) is 115 cm³/mol. The summed E-state index contributed by atoms with van der Waals surface area (Å²) in [6.45, 7) is 0. The highest BCUT2D eigenvalue weighted by Crippen LogP contribution is 2.32. The average Bonchev–Trinajstić information content (AvgIpc) is 3.15. The molecule has 0 radical (unpaired) electrons. The van der Waals surface area contributed by atoms with Gasteiger partial charge in [-0.2, -0.15) is 0 Å². The zero-order chi connectivity index (χ0) is 20.4. The summed E-state index contributed by atoms with van der Waals surface area (Å²) in [4.78, 5) is 16.3. The van der Waals surface area contributed by atoms with Crippen molar-refractivity contribution in [1.29, 1.82) is 0 Å². The quantitative estimate of drug-likeness (QED) is 0.414. The van der Waals surface area contributed by atoms with Crippen molar-refractivity contribution in [3.8, 4) is 5.75 Å². The van der Waals surface area contributed by atoms with E-state index in [0.717, 1.165) is 21.1 Å². The molecule has 6 heteroatoms. The minimum atomic E-state index is -0.625. The molecule has 1 amide bonds. The largest absolute Gasteiger partial charge is 0.496 e. The van der Waals surface area contributed by atoms with Gasteiger partial charge < -0.3 is 15.0 Å². The second kappa shape index (κ2) is 8.09. The number of aromatic amines is 1. The van der Waals surface area contributed by atoms with Crippen LogP contribution in [0.4, 0.5) is 4.39 Å². The van der Waals surface area contributed by atoms with Crippen molar-refractivity contribution in [1.82, 2.24) is 10.3 Å². The van der Waals surface area contributed by atoms with E-state index in [-0.39, 0.29) is 5.91 Å². The lowest BCUT2D eigenvalue weighted by Gasteiger charge is -2.21. The Morgan fingerprint density at radius 1 is 1.07 bits per heavy atom. The summed E-state index contributed by atoms with van der Waals surface area (Å²) in [6, 6.07) is 20.5. The van der Waals surface area contributed by atoms with Crippen LogP contribution in [0.1, 0.15) is 27.7 Å². The molecule has 0 unspecified atom stereocenters. The van der Waals surface area contributed by atoms with Gasteiger partial charge in [-0.25, -0.2) is 4.39 Å². The number of ether oxygens (including phenoxy) is 1. The van der Waals surface area contributed by atoms with Gasteiger partial charge >= 0.3 is 0 Å². The topological polar surface area (TPSA) is 54.1 Å². The number of aromatic nitrogens is 1. The zero-order valence-electron chi connectivity index (χ0n) is 15.6. The van der Waals surface area contributed by atoms with Crippen molar-refractivity contribution >= 4 is 32.7 Å². The van der Waals surface area contributed by atoms with Gasteiger partial charge in [-0.3, -0.25) is 4.79 Å². The van der Waals surface area contributed by atoms with Crippen LogP contribution in [0.2, 0.25) is 0 Å². The third-order valence-electron chi connectivity index (χ3n) is 4.73. The lowest BCUT2D eigenvalue weighted by molar-refractivity contribution is 0.0942. The van der Waals surface area contributed by atoms with Crippen LogP contribution in [0.25, 0.3) is 10.9 Å². The number of H-pyrrole nitrogens is 1. The maximum Gasteiger partial charge on any atom is 0.252 e. The molecule has 0 bridgehead atoms. The van der Waals surface area contributed by atoms with E-state index in [4.69, 9.17) is 4.74 Å². The van der Waals surface area contributed by atoms with Crippen molar-refractivity contribution in [2.75, 3.05) is 7.11 Å². The summed E-state index contributed by atoms with van der Waals surface area (Å²) < 4.78 is 20.3. The number of hydrogen-bond donors (Lipinski definition) is 2. The second-order valence-electron chi connectivity index (χ2n) is 6.62. The number of fused-ring (bicyclic) bond motifs is 1. The highest BCUT2D eigenvalue weighted by molar-refractivity contribution is 9.10. The van der Waals surface area contributed by atoms with E-state index in [9.17, 15) is 9.18 Å². The molecule has 3 aromatic carbocycles. The fraction of sp³-hybridized carbons (Fsp3) is 0.0870. The van der Waals surface area contributed by atoms with E-state index < -0.39 is 11.9 Å². The third-order valence-corrected chi connectivity index (χ3v) is 5.22. The Labute approximate surface area is 175 Å². The summed E-state index contributed by atoms with van der Waals surface area (Å²) in [7, 11) is 1.52. The Balaban J connectivity index is 1.81. The minimum Gasteiger partial charge on any atom is -0.496 e. The van der Waals surface area contributed by atoms with Gasteiger partial charge in [-0.1, -0.05) is 40.2 Å². The molecular formula is C23H18BrFN2O2. The standard InChI is InChI=1S/C23H18BrFN2O2/c1-29-21-10-9-17(25)13-18(21)22(20-12-14-5-2-3-8-19(14)26-20)27-23(28)15-6-4-7-16(24)11-15/h2-13,22,26H,1H3,(H,27,28)/t22-/m1/s1. The molecule has 1 aromatic heterocycles. The number of methoxy groups -OCH3 is 1. The van der Waals surface area contributed by atoms with Gasteiger partial charge in [0.2, 0.25) is 0 Å². The van der Waals surface area contributed by atoms with Crippen LogP contribution < -0.4 is 10.1 Å². The number of amides is 1. The van der Waals surface area contributed by atoms with Crippen LogP contribution in [-0.4, -0.2) is 18.0 Å². The van der Waals surface area contributed by atoms with Crippen molar-refractivity contribution in [2.24, 2.45) is 0 Å². The number of carbonyl (C=O) groups is 1. The van der Waals surface area contributed by atoms with Crippen LogP contribution >= 0.6 is 15.9 Å². The van der Waals surface area contributed by atoms with Gasteiger partial charge in [0.25, 0.3) is 5.91 Å². The first-order valence-corrected chi connectivity index (χ1v) is 9.82. The Hall–Kier alpha value is -3.12. The number of carbonyl (C=O) groups excluding carboxylic acids is 1. The first kappa shape index (κ1) is 19.2. The maximum atomic E-state index is 14.1. The van der Waals surface area contributed by atoms with Crippen molar-refractivity contribution in [2.45, 2.75) is 6.04 Å². The van der Waals surface area contributed by atoms with Gasteiger partial charge in [0.15, 0.2) is 0 Å². The number of para-hydroxylation sites is 1. The van der Waals surface area contributed by atoms with Gasteiger partial charge in [-0.05, 0) is 53.9 Å². The van der Waals surface area contributed by atoms with E-state index in [1.54, 1.807) is 24.3 Å². The van der Waals surface area contributed by atoms with Crippen LogP contribution in [0.3, 0.4) is 0 Å². The Bertz CT molecular complexity index is 1160. The van der Waals surface area contributed by atoms with E-state index in [2.05, 4.69) is 26.2 Å². The van der Waals surface area contributed by atoms with E-state index in [0.29, 0.717) is 16.9 Å². The third kappa shape index (κ3) is 4.03. The van der Waals surface area contributed by atoms with Gasteiger partial charge in [-0.15, -0.1) is 0 Å². The van der Waals surface area contributed by atoms with Gasteiger partial charge in [0.1, 0.15) is 11.6 Å². The molecule has 0 saturated heterocycles. The summed E-state index contributed by atoms with van der Waals surface area (Å²) in [5.41, 5.74) is 2.69. The Morgan fingerprint density at radius 2 is 1.90 bits per heavy atom. The number of benzene rings is 3. The molecule has 0 aliphatic heterocycles. The lowest BCUT2D eigenvalue weighted by atomic mass is 10.0. The molecular weight excluding hydrogens is 435 g/mol. The molecule has 29 heavy (non-hydrogen) atoms. The first-order chi connectivity index (χ1) is 14.0. The van der Waals surface area contributed by atoms with Crippen molar-refractivity contribution < 1.29 is 13.9 Å². The normalized spacial score (nSPS) is 12.0. The van der Waals surface area contributed by atoms with Crippen LogP contribution in [0, 0.1) is 5.82 Å². The number of hydrogen-bond acceptors (Lipinski definition) is 2. The van der Waals surface area contributed by atoms with E-state index in [1.165, 1.54) is 19.2 Å². The van der Waals surface area contributed by atoms with Crippen molar-refractivity contribution in [3.05, 3.63) is 99.9 Å².